The fourth-order valence-corrected chi connectivity index (χ4v) is 2.34. The Morgan fingerprint density at radius 2 is 2.04 bits per heavy atom. The van der Waals surface area contributed by atoms with Gasteiger partial charge in [0.05, 0.1) is 24.5 Å². The van der Waals surface area contributed by atoms with Crippen LogP contribution in [0.4, 0.5) is 5.69 Å². The summed E-state index contributed by atoms with van der Waals surface area (Å²) < 4.78 is 34.3. The summed E-state index contributed by atoms with van der Waals surface area (Å²) in [6.07, 6.45) is 3.01. The summed E-state index contributed by atoms with van der Waals surface area (Å²) in [6.45, 7) is 0. The molecule has 0 saturated heterocycles. The van der Waals surface area contributed by atoms with E-state index in [0.29, 0.717) is 23.1 Å². The second-order valence-electron chi connectivity index (χ2n) is 4.52. The smallest absolute Gasteiger partial charge is 0.219 e. The number of methoxy groups -OCH3 is 1. The maximum Gasteiger partial charge on any atom is 0.219 e. The third-order valence-electron chi connectivity index (χ3n) is 3.06. The van der Waals surface area contributed by atoms with Crippen LogP contribution in [0.25, 0.3) is 10.9 Å². The predicted octanol–water partition coefficient (Wildman–Crippen LogP) is 2.64. The molecule has 0 radical (unpaired) electrons. The maximum atomic E-state index is 10.6. The van der Waals surface area contributed by atoms with Crippen molar-refractivity contribution in [3.05, 3.63) is 48.8 Å². The molecule has 0 fully saturated rings. The quantitative estimate of drug-likeness (QED) is 0.722. The van der Waals surface area contributed by atoms with Crippen LogP contribution >= 0.6 is 0 Å². The van der Waals surface area contributed by atoms with Gasteiger partial charge in [-0.1, -0.05) is 0 Å². The molecular formula is C15H12N3O4S-. The standard InChI is InChI=1S/C15H13N3O4S/c1-21-11-3-4-12-13(8-11)16-7-6-14(12)22-15-5-2-10(9-17-15)18-23(19)20/h2-9,18H,1H3,(H,19,20)/p-1. The first-order chi connectivity index (χ1) is 11.2. The zero-order chi connectivity index (χ0) is 16.2. The van der Waals surface area contributed by atoms with Crippen molar-refractivity contribution < 1.29 is 18.2 Å². The Morgan fingerprint density at radius 3 is 2.74 bits per heavy atom. The number of hydrogen-bond acceptors (Lipinski definition) is 6. The van der Waals surface area contributed by atoms with Crippen LogP contribution in [0.15, 0.2) is 48.8 Å². The highest BCUT2D eigenvalue weighted by Gasteiger charge is 2.06. The number of nitrogens with zero attached hydrogens (tertiary/aromatic N) is 2. The molecule has 23 heavy (non-hydrogen) atoms. The van der Waals surface area contributed by atoms with E-state index in [1.54, 1.807) is 31.5 Å². The number of anilines is 1. The second kappa shape index (κ2) is 6.59. The van der Waals surface area contributed by atoms with Crippen LogP contribution in [0.2, 0.25) is 0 Å². The van der Waals surface area contributed by atoms with Crippen LogP contribution in [-0.4, -0.2) is 25.8 Å². The first-order valence-corrected chi connectivity index (χ1v) is 7.66. The Morgan fingerprint density at radius 1 is 1.17 bits per heavy atom. The van der Waals surface area contributed by atoms with Crippen molar-refractivity contribution in [2.75, 3.05) is 11.8 Å². The van der Waals surface area contributed by atoms with E-state index in [0.717, 1.165) is 10.9 Å². The highest BCUT2D eigenvalue weighted by molar-refractivity contribution is 7.80. The monoisotopic (exact) mass is 330 g/mol. The van der Waals surface area contributed by atoms with Gasteiger partial charge in [-0.05, 0) is 24.3 Å². The first kappa shape index (κ1) is 15.2. The average molecular weight is 330 g/mol. The molecule has 1 unspecified atom stereocenters. The number of nitrogens with one attached hydrogen (secondary N) is 1. The lowest BCUT2D eigenvalue weighted by Gasteiger charge is -2.10. The summed E-state index contributed by atoms with van der Waals surface area (Å²) in [7, 11) is 1.59. The van der Waals surface area contributed by atoms with Gasteiger partial charge in [-0.15, -0.1) is 0 Å². The number of benzene rings is 1. The molecule has 1 aromatic carbocycles. The molecule has 2 heterocycles. The Bertz CT molecular complexity index is 855. The number of rotatable bonds is 5. The molecule has 2 aromatic heterocycles. The van der Waals surface area contributed by atoms with E-state index >= 15 is 0 Å². The molecule has 8 heteroatoms. The number of aromatic nitrogens is 2. The lowest BCUT2D eigenvalue weighted by atomic mass is 10.2. The molecule has 3 rings (SSSR count). The maximum absolute atomic E-state index is 10.6. The van der Waals surface area contributed by atoms with Gasteiger partial charge < -0.3 is 18.7 Å². The number of hydrogen-bond donors (Lipinski definition) is 1. The molecular weight excluding hydrogens is 318 g/mol. The minimum atomic E-state index is -2.38. The highest BCUT2D eigenvalue weighted by Crippen LogP contribution is 2.30. The predicted molar refractivity (Wildman–Crippen MR) is 85.1 cm³/mol. The Labute approximate surface area is 134 Å². The van der Waals surface area contributed by atoms with E-state index in [9.17, 15) is 8.76 Å². The van der Waals surface area contributed by atoms with Crippen molar-refractivity contribution in [1.82, 2.24) is 9.97 Å². The summed E-state index contributed by atoms with van der Waals surface area (Å²) in [6, 6.07) is 10.4. The van der Waals surface area contributed by atoms with Crippen LogP contribution in [0, 0.1) is 0 Å². The van der Waals surface area contributed by atoms with Crippen molar-refractivity contribution in [2.45, 2.75) is 0 Å². The number of fused-ring (bicyclic) bond motifs is 1. The van der Waals surface area contributed by atoms with Crippen LogP contribution in [0.5, 0.6) is 17.4 Å². The molecule has 0 aliphatic heterocycles. The normalized spacial score (nSPS) is 11.9. The topological polar surface area (TPSA) is 96.4 Å². The fraction of sp³-hybridized carbons (Fsp3) is 0.0667. The van der Waals surface area contributed by atoms with Gasteiger partial charge in [0, 0.05) is 35.0 Å². The van der Waals surface area contributed by atoms with Crippen molar-refractivity contribution in [3.8, 4) is 17.4 Å². The van der Waals surface area contributed by atoms with Crippen LogP contribution < -0.4 is 14.2 Å². The summed E-state index contributed by atoms with van der Waals surface area (Å²) in [5.74, 6) is 1.65. The van der Waals surface area contributed by atoms with E-state index in [1.807, 2.05) is 18.2 Å². The molecule has 7 nitrogen and oxygen atoms in total. The summed E-state index contributed by atoms with van der Waals surface area (Å²) >= 11 is -2.38. The number of pyridine rings is 2. The van der Waals surface area contributed by atoms with Crippen LogP contribution in [0.1, 0.15) is 0 Å². The molecule has 118 valence electrons. The Balaban J connectivity index is 1.87. The number of ether oxygens (including phenoxy) is 2. The lowest BCUT2D eigenvalue weighted by Crippen LogP contribution is -2.02. The fourth-order valence-electron chi connectivity index (χ4n) is 2.03. The molecule has 0 aliphatic carbocycles. The van der Waals surface area contributed by atoms with Crippen molar-refractivity contribution in [2.24, 2.45) is 0 Å². The van der Waals surface area contributed by atoms with E-state index in [4.69, 9.17) is 9.47 Å². The van der Waals surface area contributed by atoms with Crippen LogP contribution in [-0.2, 0) is 11.3 Å². The van der Waals surface area contributed by atoms with Gasteiger partial charge in [0.1, 0.15) is 11.5 Å². The summed E-state index contributed by atoms with van der Waals surface area (Å²) in [5.41, 5.74) is 1.09. The third kappa shape index (κ3) is 3.55. The zero-order valence-corrected chi connectivity index (χ0v) is 12.9. The highest BCUT2D eigenvalue weighted by atomic mass is 32.2. The molecule has 1 atom stereocenters. The first-order valence-electron chi connectivity index (χ1n) is 6.58. The van der Waals surface area contributed by atoms with Gasteiger partial charge in [-0.3, -0.25) is 9.19 Å². The van der Waals surface area contributed by atoms with Crippen molar-refractivity contribution in [1.29, 1.82) is 0 Å². The van der Waals surface area contributed by atoms with E-state index in [1.165, 1.54) is 6.20 Å². The largest absolute Gasteiger partial charge is 0.755 e. The van der Waals surface area contributed by atoms with Crippen molar-refractivity contribution in [3.63, 3.8) is 0 Å². The van der Waals surface area contributed by atoms with E-state index in [-0.39, 0.29) is 0 Å². The molecule has 1 N–H and O–H groups in total. The van der Waals surface area contributed by atoms with Gasteiger partial charge in [0.15, 0.2) is 0 Å². The van der Waals surface area contributed by atoms with Gasteiger partial charge in [0.2, 0.25) is 5.88 Å². The van der Waals surface area contributed by atoms with Crippen LogP contribution in [0.3, 0.4) is 0 Å². The molecule has 0 amide bonds. The van der Waals surface area contributed by atoms with E-state index in [2.05, 4.69) is 14.7 Å². The van der Waals surface area contributed by atoms with E-state index < -0.39 is 11.3 Å². The molecule has 3 aromatic rings. The molecule has 0 spiro atoms. The minimum Gasteiger partial charge on any atom is -0.755 e. The molecule has 0 bridgehead atoms. The average Bonchev–Trinajstić information content (AvgIpc) is 2.56. The van der Waals surface area contributed by atoms with Gasteiger partial charge >= 0.3 is 0 Å². The van der Waals surface area contributed by atoms with Crippen molar-refractivity contribution >= 4 is 27.9 Å². The lowest BCUT2D eigenvalue weighted by molar-refractivity contribution is 0.415. The third-order valence-corrected chi connectivity index (χ3v) is 3.46. The summed E-state index contributed by atoms with van der Waals surface area (Å²) in [5, 5.41) is 0.818. The summed E-state index contributed by atoms with van der Waals surface area (Å²) in [4.78, 5) is 8.34. The second-order valence-corrected chi connectivity index (χ2v) is 5.19. The Hall–Kier alpha value is -2.71. The van der Waals surface area contributed by atoms with Gasteiger partial charge in [-0.2, -0.15) is 0 Å². The molecule has 0 saturated carbocycles. The zero-order valence-electron chi connectivity index (χ0n) is 12.1. The molecule has 0 aliphatic rings. The van der Waals surface area contributed by atoms with Gasteiger partial charge in [0.25, 0.3) is 0 Å². The Kier molecular flexibility index (Phi) is 4.35. The minimum absolute atomic E-state index is 0.343. The van der Waals surface area contributed by atoms with Gasteiger partial charge in [-0.25, -0.2) is 4.98 Å². The SMILES string of the molecule is COc1ccc2c(Oc3ccc(NS(=O)[O-])cn3)ccnc2c1.